The van der Waals surface area contributed by atoms with Crippen LogP contribution in [0.15, 0.2) is 71.6 Å². The molecule has 0 radical (unpaired) electrons. The van der Waals surface area contributed by atoms with E-state index in [2.05, 4.69) is 5.32 Å². The molecule has 0 aromatic heterocycles. The molecular formula is C25H22ClN3O5S. The Balaban J connectivity index is 1.54. The Labute approximate surface area is 210 Å². The number of nitrogens with zero attached hydrogens (tertiary/aromatic N) is 2. The number of methoxy groups -OCH3 is 1. The number of alkyl halides is 1. The average Bonchev–Trinajstić information content (AvgIpc) is 3.19. The van der Waals surface area contributed by atoms with Crippen molar-refractivity contribution in [1.29, 1.82) is 0 Å². The third-order valence-electron chi connectivity index (χ3n) is 6.83. The highest BCUT2D eigenvalue weighted by Crippen LogP contribution is 2.59. The Bertz CT molecular complexity index is 1290. The second kappa shape index (κ2) is 9.39. The Kier molecular flexibility index (Phi) is 6.29. The Hall–Kier alpha value is -3.30. The van der Waals surface area contributed by atoms with Gasteiger partial charge in [0.05, 0.1) is 39.0 Å². The van der Waals surface area contributed by atoms with Crippen molar-refractivity contribution in [2.24, 2.45) is 5.92 Å². The van der Waals surface area contributed by atoms with E-state index in [-0.39, 0.29) is 44.8 Å². The lowest BCUT2D eigenvalue weighted by Gasteiger charge is -2.38. The SMILES string of the molecule is COc1cccc2c1NC(c1ccc([N+](=O)[O-])cc1)C1CC(Sc3ccccc3[N+](=O)[O-])C(Cl)C21. The molecule has 180 valence electrons. The number of halogens is 1. The van der Waals surface area contributed by atoms with Gasteiger partial charge in [0.15, 0.2) is 0 Å². The van der Waals surface area contributed by atoms with Crippen molar-refractivity contribution in [3.63, 3.8) is 0 Å². The number of nitrogens with one attached hydrogen (secondary N) is 1. The maximum atomic E-state index is 11.6. The van der Waals surface area contributed by atoms with E-state index in [0.29, 0.717) is 10.6 Å². The molecular weight excluding hydrogens is 490 g/mol. The van der Waals surface area contributed by atoms with Crippen molar-refractivity contribution in [3.05, 3.63) is 98.1 Å². The first-order chi connectivity index (χ1) is 16.9. The van der Waals surface area contributed by atoms with Crippen LogP contribution in [0.4, 0.5) is 17.1 Å². The van der Waals surface area contributed by atoms with Gasteiger partial charge in [-0.15, -0.1) is 23.4 Å². The first-order valence-electron chi connectivity index (χ1n) is 11.1. The van der Waals surface area contributed by atoms with Gasteiger partial charge in [0.25, 0.3) is 11.4 Å². The van der Waals surface area contributed by atoms with Gasteiger partial charge in [-0.1, -0.05) is 36.4 Å². The molecule has 5 atom stereocenters. The second-order valence-electron chi connectivity index (χ2n) is 8.65. The maximum Gasteiger partial charge on any atom is 0.282 e. The summed E-state index contributed by atoms with van der Waals surface area (Å²) >= 11 is 8.57. The molecule has 1 aliphatic heterocycles. The summed E-state index contributed by atoms with van der Waals surface area (Å²) in [6.45, 7) is 0. The van der Waals surface area contributed by atoms with Crippen molar-refractivity contribution >= 4 is 40.4 Å². The van der Waals surface area contributed by atoms with Crippen LogP contribution in [-0.2, 0) is 0 Å². The lowest BCUT2D eigenvalue weighted by molar-refractivity contribution is -0.387. The van der Waals surface area contributed by atoms with E-state index >= 15 is 0 Å². The zero-order valence-electron chi connectivity index (χ0n) is 18.7. The Morgan fingerprint density at radius 1 is 1.00 bits per heavy atom. The number of fused-ring (bicyclic) bond motifs is 3. The molecule has 0 saturated heterocycles. The molecule has 10 heteroatoms. The Morgan fingerprint density at radius 2 is 1.74 bits per heavy atom. The van der Waals surface area contributed by atoms with Crippen LogP contribution in [0.5, 0.6) is 5.75 Å². The number of thioether (sulfide) groups is 1. The van der Waals surface area contributed by atoms with Gasteiger partial charge in [0.2, 0.25) is 0 Å². The number of non-ortho nitro benzene ring substituents is 1. The number of nitro groups is 2. The van der Waals surface area contributed by atoms with E-state index in [0.717, 1.165) is 23.2 Å². The van der Waals surface area contributed by atoms with Crippen LogP contribution in [0.25, 0.3) is 0 Å². The first kappa shape index (κ1) is 23.4. The van der Waals surface area contributed by atoms with Gasteiger partial charge in [-0.3, -0.25) is 20.2 Å². The molecule has 5 unspecified atom stereocenters. The zero-order valence-corrected chi connectivity index (χ0v) is 20.2. The molecule has 2 aliphatic rings. The monoisotopic (exact) mass is 511 g/mol. The summed E-state index contributed by atoms with van der Waals surface area (Å²) in [6, 6.07) is 19.0. The fraction of sp³-hybridized carbons (Fsp3) is 0.280. The Morgan fingerprint density at radius 3 is 2.43 bits per heavy atom. The molecule has 0 amide bonds. The number of benzene rings is 3. The summed E-state index contributed by atoms with van der Waals surface area (Å²) in [5.41, 5.74) is 2.94. The first-order valence-corrected chi connectivity index (χ1v) is 12.4. The van der Waals surface area contributed by atoms with E-state index in [1.54, 1.807) is 37.4 Å². The number of anilines is 1. The van der Waals surface area contributed by atoms with Crippen molar-refractivity contribution in [3.8, 4) is 5.75 Å². The van der Waals surface area contributed by atoms with Crippen molar-refractivity contribution < 1.29 is 14.6 Å². The van der Waals surface area contributed by atoms with Crippen molar-refractivity contribution in [2.75, 3.05) is 12.4 Å². The molecule has 1 saturated carbocycles. The van der Waals surface area contributed by atoms with Crippen LogP contribution in [0.1, 0.15) is 29.5 Å². The molecule has 0 spiro atoms. The van der Waals surface area contributed by atoms with Gasteiger partial charge >= 0.3 is 0 Å². The van der Waals surface area contributed by atoms with Crippen LogP contribution in [0.3, 0.4) is 0 Å². The second-order valence-corrected chi connectivity index (χ2v) is 10.4. The van der Waals surface area contributed by atoms with E-state index in [1.165, 1.54) is 30.0 Å². The van der Waals surface area contributed by atoms with Gasteiger partial charge in [-0.2, -0.15) is 0 Å². The molecule has 3 aromatic carbocycles. The van der Waals surface area contributed by atoms with Gasteiger partial charge in [0, 0.05) is 29.4 Å². The number of ether oxygens (including phenoxy) is 1. The third-order valence-corrected chi connectivity index (χ3v) is 8.95. The summed E-state index contributed by atoms with van der Waals surface area (Å²) in [7, 11) is 1.62. The van der Waals surface area contributed by atoms with E-state index in [1.807, 2.05) is 18.2 Å². The van der Waals surface area contributed by atoms with Crippen molar-refractivity contribution in [1.82, 2.24) is 0 Å². The summed E-state index contributed by atoms with van der Waals surface area (Å²) in [5, 5.41) is 26.0. The molecule has 1 fully saturated rings. The standard InChI is InChI=1S/C25H22ClN3O5S/c1-34-19-7-4-5-16-22-17(24(27-25(16)19)14-9-11-15(12-10-14)28(30)31)13-21(23(22)26)35-20-8-3-2-6-18(20)29(32)33/h2-12,17,21-24,27H,13H2,1H3. The number of para-hydroxylation sites is 2. The molecule has 1 aliphatic carbocycles. The van der Waals surface area contributed by atoms with Gasteiger partial charge in [-0.25, -0.2) is 0 Å². The average molecular weight is 512 g/mol. The molecule has 0 bridgehead atoms. The predicted molar refractivity (Wildman–Crippen MR) is 136 cm³/mol. The fourth-order valence-corrected chi connectivity index (χ4v) is 7.23. The van der Waals surface area contributed by atoms with Crippen LogP contribution in [-0.4, -0.2) is 27.6 Å². The number of rotatable bonds is 6. The third kappa shape index (κ3) is 4.19. The highest BCUT2D eigenvalue weighted by Gasteiger charge is 2.51. The zero-order chi connectivity index (χ0) is 24.7. The van der Waals surface area contributed by atoms with Crippen LogP contribution >= 0.6 is 23.4 Å². The van der Waals surface area contributed by atoms with Crippen LogP contribution < -0.4 is 10.1 Å². The molecule has 1 heterocycles. The van der Waals surface area contributed by atoms with Crippen molar-refractivity contribution in [2.45, 2.75) is 33.9 Å². The smallest absolute Gasteiger partial charge is 0.282 e. The summed E-state index contributed by atoms with van der Waals surface area (Å²) in [6.07, 6.45) is 0.723. The normalized spacial score (nSPS) is 24.7. The lowest BCUT2D eigenvalue weighted by atomic mass is 9.77. The minimum atomic E-state index is -0.414. The van der Waals surface area contributed by atoms with E-state index in [4.69, 9.17) is 16.3 Å². The number of hydrogen-bond donors (Lipinski definition) is 1. The number of hydrogen-bond acceptors (Lipinski definition) is 7. The fourth-order valence-electron chi connectivity index (χ4n) is 5.29. The highest BCUT2D eigenvalue weighted by atomic mass is 35.5. The largest absolute Gasteiger partial charge is 0.495 e. The van der Waals surface area contributed by atoms with Crippen LogP contribution in [0, 0.1) is 26.1 Å². The van der Waals surface area contributed by atoms with E-state index < -0.39 is 4.92 Å². The molecule has 5 rings (SSSR count). The van der Waals surface area contributed by atoms with Gasteiger partial charge < -0.3 is 10.1 Å². The highest BCUT2D eigenvalue weighted by molar-refractivity contribution is 8.00. The summed E-state index contributed by atoms with van der Waals surface area (Å²) in [4.78, 5) is 22.5. The molecule has 3 aromatic rings. The topological polar surface area (TPSA) is 108 Å². The quantitative estimate of drug-likeness (QED) is 0.227. The lowest BCUT2D eigenvalue weighted by Crippen LogP contribution is -2.31. The van der Waals surface area contributed by atoms with Gasteiger partial charge in [-0.05, 0) is 35.6 Å². The maximum absolute atomic E-state index is 11.6. The summed E-state index contributed by atoms with van der Waals surface area (Å²) < 4.78 is 5.62. The van der Waals surface area contributed by atoms with E-state index in [9.17, 15) is 20.2 Å². The minimum Gasteiger partial charge on any atom is -0.495 e. The molecule has 35 heavy (non-hydrogen) atoms. The minimum absolute atomic E-state index is 0.0246. The summed E-state index contributed by atoms with van der Waals surface area (Å²) in [5.74, 6) is 0.758. The predicted octanol–water partition coefficient (Wildman–Crippen LogP) is 6.55. The molecule has 8 nitrogen and oxygen atoms in total. The van der Waals surface area contributed by atoms with Crippen LogP contribution in [0.2, 0.25) is 0 Å². The van der Waals surface area contributed by atoms with Gasteiger partial charge in [0.1, 0.15) is 5.75 Å². The number of nitro benzene ring substituents is 2. The molecule has 1 N–H and O–H groups in total.